The van der Waals surface area contributed by atoms with Gasteiger partial charge in [0.1, 0.15) is 12.4 Å². The van der Waals surface area contributed by atoms with Crippen molar-refractivity contribution in [2.45, 2.75) is 18.3 Å². The van der Waals surface area contributed by atoms with Gasteiger partial charge in [0.05, 0.1) is 5.41 Å². The predicted octanol–water partition coefficient (Wildman–Crippen LogP) is 4.83. The van der Waals surface area contributed by atoms with E-state index in [2.05, 4.69) is 97.3 Å². The van der Waals surface area contributed by atoms with Crippen LogP contribution in [0, 0.1) is 5.92 Å². The van der Waals surface area contributed by atoms with Crippen molar-refractivity contribution in [1.82, 2.24) is 5.32 Å². The number of ether oxygens (including phenoxy) is 1. The number of nitrogens with one attached hydrogen (secondary N) is 1. The van der Waals surface area contributed by atoms with Crippen LogP contribution in [0.1, 0.15) is 23.1 Å². The smallest absolute Gasteiger partial charge is 0.123 e. The van der Waals surface area contributed by atoms with Crippen LogP contribution in [-0.4, -0.2) is 20.2 Å². The van der Waals surface area contributed by atoms with Crippen LogP contribution in [0.4, 0.5) is 0 Å². The molecule has 2 unspecified atom stereocenters. The molecule has 1 aliphatic rings. The molecule has 138 valence electrons. The standard InChI is InChI=1S/C25H27NO/c1-26-18-22(17-16-20-10-4-2-5-11-20)25(21-12-6-3-7-13-21)19-27-24-15-9-8-14-23(24)25/h2-15,22,26H,16-19H2,1H3. The Balaban J connectivity index is 1.75. The Hall–Kier alpha value is -2.58. The molecular formula is C25H27NO. The highest BCUT2D eigenvalue weighted by Crippen LogP contribution is 2.49. The maximum atomic E-state index is 6.22. The van der Waals surface area contributed by atoms with Crippen LogP contribution in [-0.2, 0) is 11.8 Å². The minimum absolute atomic E-state index is 0.115. The third-order valence-electron chi connectivity index (χ3n) is 5.88. The van der Waals surface area contributed by atoms with E-state index in [1.807, 2.05) is 0 Å². The van der Waals surface area contributed by atoms with E-state index < -0.39 is 0 Å². The van der Waals surface area contributed by atoms with E-state index in [1.165, 1.54) is 16.7 Å². The second kappa shape index (κ2) is 7.98. The molecule has 0 spiro atoms. The average Bonchev–Trinajstić information content (AvgIpc) is 3.13. The quantitative estimate of drug-likeness (QED) is 0.654. The van der Waals surface area contributed by atoms with Crippen LogP contribution in [0.3, 0.4) is 0 Å². The van der Waals surface area contributed by atoms with Gasteiger partial charge in [-0.2, -0.15) is 0 Å². The first kappa shape index (κ1) is 17.8. The summed E-state index contributed by atoms with van der Waals surface area (Å²) in [5.41, 5.74) is 3.96. The highest BCUT2D eigenvalue weighted by Gasteiger charge is 2.47. The molecule has 2 heteroatoms. The van der Waals surface area contributed by atoms with Crippen LogP contribution >= 0.6 is 0 Å². The average molecular weight is 357 g/mol. The van der Waals surface area contributed by atoms with E-state index in [9.17, 15) is 0 Å². The first-order valence-electron chi connectivity index (χ1n) is 9.81. The van der Waals surface area contributed by atoms with Gasteiger partial charge in [0.15, 0.2) is 0 Å². The molecule has 2 atom stereocenters. The Morgan fingerprint density at radius 2 is 1.56 bits per heavy atom. The van der Waals surface area contributed by atoms with Gasteiger partial charge >= 0.3 is 0 Å². The summed E-state index contributed by atoms with van der Waals surface area (Å²) in [4.78, 5) is 0. The van der Waals surface area contributed by atoms with Gasteiger partial charge in [-0.1, -0.05) is 78.9 Å². The second-order valence-corrected chi connectivity index (χ2v) is 7.40. The summed E-state index contributed by atoms with van der Waals surface area (Å²) in [6.07, 6.45) is 2.18. The zero-order valence-electron chi connectivity index (χ0n) is 15.9. The van der Waals surface area contributed by atoms with E-state index in [0.29, 0.717) is 12.5 Å². The van der Waals surface area contributed by atoms with E-state index in [4.69, 9.17) is 4.74 Å². The molecule has 1 aliphatic heterocycles. The van der Waals surface area contributed by atoms with Gasteiger partial charge in [-0.15, -0.1) is 0 Å². The lowest BCUT2D eigenvalue weighted by atomic mass is 9.65. The number of para-hydroxylation sites is 1. The number of hydrogen-bond acceptors (Lipinski definition) is 2. The normalized spacial score (nSPS) is 19.3. The Kier molecular flexibility index (Phi) is 5.26. The van der Waals surface area contributed by atoms with Crippen LogP contribution in [0.15, 0.2) is 84.9 Å². The fourth-order valence-corrected chi connectivity index (χ4v) is 4.53. The minimum atomic E-state index is -0.115. The summed E-state index contributed by atoms with van der Waals surface area (Å²) in [6.45, 7) is 1.66. The first-order chi connectivity index (χ1) is 13.3. The molecule has 3 aromatic rings. The molecule has 1 heterocycles. The van der Waals surface area contributed by atoms with Gasteiger partial charge in [0.2, 0.25) is 0 Å². The van der Waals surface area contributed by atoms with Crippen molar-refractivity contribution < 1.29 is 4.74 Å². The van der Waals surface area contributed by atoms with Gasteiger partial charge in [-0.25, -0.2) is 0 Å². The second-order valence-electron chi connectivity index (χ2n) is 7.40. The fraction of sp³-hybridized carbons (Fsp3) is 0.280. The molecule has 0 aliphatic carbocycles. The van der Waals surface area contributed by atoms with Gasteiger partial charge < -0.3 is 10.1 Å². The molecule has 0 radical (unpaired) electrons. The Bertz CT molecular complexity index is 862. The highest BCUT2D eigenvalue weighted by molar-refractivity contribution is 5.51. The Morgan fingerprint density at radius 3 is 2.30 bits per heavy atom. The summed E-state index contributed by atoms with van der Waals surface area (Å²) < 4.78 is 6.22. The Morgan fingerprint density at radius 1 is 0.889 bits per heavy atom. The molecule has 2 nitrogen and oxygen atoms in total. The minimum Gasteiger partial charge on any atom is -0.492 e. The molecule has 0 aromatic heterocycles. The SMILES string of the molecule is CNCC(CCc1ccccc1)C1(c2ccccc2)COc2ccccc21. The van der Waals surface area contributed by atoms with Gasteiger partial charge in [-0.3, -0.25) is 0 Å². The number of aryl methyl sites for hydroxylation is 1. The lowest BCUT2D eigenvalue weighted by Gasteiger charge is -2.37. The van der Waals surface area contributed by atoms with Crippen molar-refractivity contribution in [1.29, 1.82) is 0 Å². The molecule has 4 rings (SSSR count). The third-order valence-corrected chi connectivity index (χ3v) is 5.88. The lowest BCUT2D eigenvalue weighted by molar-refractivity contribution is 0.217. The highest BCUT2D eigenvalue weighted by atomic mass is 16.5. The zero-order valence-corrected chi connectivity index (χ0v) is 15.9. The molecule has 27 heavy (non-hydrogen) atoms. The maximum Gasteiger partial charge on any atom is 0.123 e. The van der Waals surface area contributed by atoms with Crippen molar-refractivity contribution >= 4 is 0 Å². The molecular weight excluding hydrogens is 330 g/mol. The van der Waals surface area contributed by atoms with E-state index in [0.717, 1.165) is 25.1 Å². The maximum absolute atomic E-state index is 6.22. The molecule has 1 N–H and O–H groups in total. The van der Waals surface area contributed by atoms with Crippen LogP contribution < -0.4 is 10.1 Å². The van der Waals surface area contributed by atoms with E-state index >= 15 is 0 Å². The molecule has 0 saturated heterocycles. The number of benzene rings is 3. The molecule has 0 fully saturated rings. The number of rotatable bonds is 7. The summed E-state index contributed by atoms with van der Waals surface area (Å²) in [5.74, 6) is 1.47. The van der Waals surface area contributed by atoms with Crippen molar-refractivity contribution in [3.63, 3.8) is 0 Å². The molecule has 0 amide bonds. The van der Waals surface area contributed by atoms with Gasteiger partial charge in [0, 0.05) is 5.56 Å². The zero-order chi connectivity index (χ0) is 18.5. The summed E-state index contributed by atoms with van der Waals surface area (Å²) >= 11 is 0. The van der Waals surface area contributed by atoms with Crippen LogP contribution in [0.5, 0.6) is 5.75 Å². The number of hydrogen-bond donors (Lipinski definition) is 1. The predicted molar refractivity (Wildman–Crippen MR) is 111 cm³/mol. The summed E-state index contributed by atoms with van der Waals surface area (Å²) in [7, 11) is 2.05. The first-order valence-corrected chi connectivity index (χ1v) is 9.81. The van der Waals surface area contributed by atoms with Crippen LogP contribution in [0.25, 0.3) is 0 Å². The summed E-state index contributed by atoms with van der Waals surface area (Å²) in [6, 6.07) is 30.3. The van der Waals surface area contributed by atoms with Crippen LogP contribution in [0.2, 0.25) is 0 Å². The molecule has 0 bridgehead atoms. The number of fused-ring (bicyclic) bond motifs is 1. The van der Waals surface area contributed by atoms with Crippen molar-refractivity contribution in [2.24, 2.45) is 5.92 Å². The molecule has 3 aromatic carbocycles. The van der Waals surface area contributed by atoms with Crippen molar-refractivity contribution in [2.75, 3.05) is 20.2 Å². The van der Waals surface area contributed by atoms with Crippen molar-refractivity contribution in [3.8, 4) is 5.75 Å². The Labute approximate surface area is 162 Å². The van der Waals surface area contributed by atoms with E-state index in [1.54, 1.807) is 0 Å². The fourth-order valence-electron chi connectivity index (χ4n) is 4.53. The summed E-state index contributed by atoms with van der Waals surface area (Å²) in [5, 5.41) is 3.45. The van der Waals surface area contributed by atoms with Gasteiger partial charge in [0.25, 0.3) is 0 Å². The molecule has 0 saturated carbocycles. The largest absolute Gasteiger partial charge is 0.492 e. The lowest BCUT2D eigenvalue weighted by Crippen LogP contribution is -2.43. The van der Waals surface area contributed by atoms with Crippen molar-refractivity contribution in [3.05, 3.63) is 102 Å². The third kappa shape index (κ3) is 3.38. The van der Waals surface area contributed by atoms with Gasteiger partial charge in [-0.05, 0) is 49.5 Å². The monoisotopic (exact) mass is 357 g/mol. The topological polar surface area (TPSA) is 21.3 Å². The van der Waals surface area contributed by atoms with E-state index in [-0.39, 0.29) is 5.41 Å².